The Balaban J connectivity index is 1.42. The third-order valence-electron chi connectivity index (χ3n) is 5.43. The van der Waals surface area contributed by atoms with E-state index in [9.17, 15) is 9.18 Å². The molecule has 0 unspecified atom stereocenters. The first-order valence-electron chi connectivity index (χ1n) is 11.6. The molecule has 3 aromatic carbocycles. The smallest absolute Gasteiger partial charge is 0.277 e. The second-order valence-electron chi connectivity index (χ2n) is 8.00. The second-order valence-corrected chi connectivity index (χ2v) is 8.00. The molecule has 0 bridgehead atoms. The van der Waals surface area contributed by atoms with Crippen molar-refractivity contribution in [3.05, 3.63) is 108 Å². The molecule has 4 aromatic rings. The van der Waals surface area contributed by atoms with Crippen LogP contribution in [0.15, 0.2) is 90.7 Å². The number of carbonyl (C=O) groups excluding carboxylic acids is 1. The van der Waals surface area contributed by atoms with E-state index in [0.717, 1.165) is 10.9 Å². The molecule has 0 aliphatic carbocycles. The lowest BCUT2D eigenvalue weighted by Crippen LogP contribution is -2.24. The van der Waals surface area contributed by atoms with Crippen LogP contribution in [0.5, 0.6) is 17.2 Å². The number of nitrogens with one attached hydrogen (secondary N) is 1. The number of hydrogen-bond donors (Lipinski definition) is 1. The van der Waals surface area contributed by atoms with Crippen LogP contribution in [0.25, 0.3) is 10.9 Å². The van der Waals surface area contributed by atoms with Gasteiger partial charge >= 0.3 is 0 Å². The number of hydrogen-bond acceptors (Lipinski definition) is 6. The van der Waals surface area contributed by atoms with Gasteiger partial charge in [0.2, 0.25) is 0 Å². The number of halogens is 1. The van der Waals surface area contributed by atoms with E-state index in [4.69, 9.17) is 14.2 Å². The van der Waals surface area contributed by atoms with Crippen LogP contribution in [0.2, 0.25) is 0 Å². The van der Waals surface area contributed by atoms with E-state index in [-0.39, 0.29) is 19.0 Å². The highest BCUT2D eigenvalue weighted by molar-refractivity contribution is 5.86. The predicted molar refractivity (Wildman–Crippen MR) is 141 cm³/mol. The number of para-hydroxylation sites is 1. The maximum absolute atomic E-state index is 14.0. The van der Waals surface area contributed by atoms with E-state index in [1.165, 1.54) is 19.4 Å². The molecule has 0 saturated carbocycles. The number of fused-ring (bicyclic) bond motifs is 1. The van der Waals surface area contributed by atoms with Crippen LogP contribution >= 0.6 is 0 Å². The van der Waals surface area contributed by atoms with Crippen LogP contribution in [-0.4, -0.2) is 30.8 Å². The number of methoxy groups -OCH3 is 1. The van der Waals surface area contributed by atoms with Crippen LogP contribution in [0.4, 0.5) is 4.39 Å². The average molecular weight is 500 g/mol. The first kappa shape index (κ1) is 25.4. The highest BCUT2D eigenvalue weighted by Gasteiger charge is 2.14. The molecule has 0 atom stereocenters. The Morgan fingerprint density at radius 1 is 1.05 bits per heavy atom. The summed E-state index contributed by atoms with van der Waals surface area (Å²) in [7, 11) is 1.52. The van der Waals surface area contributed by atoms with Crippen molar-refractivity contribution in [2.75, 3.05) is 13.7 Å². The number of pyridine rings is 1. The number of hydrazone groups is 1. The normalized spacial score (nSPS) is 10.9. The Labute approximate surface area is 214 Å². The van der Waals surface area contributed by atoms with Crippen molar-refractivity contribution >= 4 is 23.0 Å². The van der Waals surface area contributed by atoms with Gasteiger partial charge in [0.1, 0.15) is 23.7 Å². The summed E-state index contributed by atoms with van der Waals surface area (Å²) in [5, 5.41) is 4.96. The number of aromatic nitrogens is 1. The Kier molecular flexibility index (Phi) is 8.44. The Morgan fingerprint density at radius 3 is 2.70 bits per heavy atom. The van der Waals surface area contributed by atoms with Crippen molar-refractivity contribution < 1.29 is 23.4 Å². The summed E-state index contributed by atoms with van der Waals surface area (Å²) in [6.45, 7) is 3.62. The molecule has 8 heteroatoms. The number of amides is 1. The molecule has 0 aliphatic rings. The maximum Gasteiger partial charge on any atom is 0.277 e. The topological polar surface area (TPSA) is 82.0 Å². The fourth-order valence-electron chi connectivity index (χ4n) is 3.69. The summed E-state index contributed by atoms with van der Waals surface area (Å²) in [5.41, 5.74) is 5.03. The van der Waals surface area contributed by atoms with Gasteiger partial charge in [-0.15, -0.1) is 6.58 Å². The zero-order valence-corrected chi connectivity index (χ0v) is 20.3. The standard InChI is InChI=1S/C29H26FN3O4/c1-3-8-22-15-20(16-26(35-2)29(22)37-18-23-9-4-5-12-24(23)30)17-32-33-27(34)19-36-25-13-6-10-21-11-7-14-31-28(21)25/h3-7,9-17H,1,8,18-19H2,2H3,(H,33,34)/b32-17+. The van der Waals surface area contributed by atoms with Gasteiger partial charge in [-0.3, -0.25) is 9.78 Å². The molecular formula is C29H26FN3O4. The minimum Gasteiger partial charge on any atom is -0.493 e. The van der Waals surface area contributed by atoms with Gasteiger partial charge in [0, 0.05) is 22.7 Å². The number of nitrogens with zero attached hydrogens (tertiary/aromatic N) is 2. The molecule has 7 nitrogen and oxygen atoms in total. The van der Waals surface area contributed by atoms with E-state index in [2.05, 4.69) is 22.1 Å². The van der Waals surface area contributed by atoms with Crippen LogP contribution in [-0.2, 0) is 17.8 Å². The molecule has 1 amide bonds. The van der Waals surface area contributed by atoms with Crippen molar-refractivity contribution in [3.63, 3.8) is 0 Å². The monoisotopic (exact) mass is 499 g/mol. The lowest BCUT2D eigenvalue weighted by molar-refractivity contribution is -0.123. The van der Waals surface area contributed by atoms with Gasteiger partial charge in [-0.05, 0) is 42.3 Å². The number of benzene rings is 3. The van der Waals surface area contributed by atoms with Crippen molar-refractivity contribution in [3.8, 4) is 17.2 Å². The summed E-state index contributed by atoms with van der Waals surface area (Å²) >= 11 is 0. The first-order valence-corrected chi connectivity index (χ1v) is 11.6. The van der Waals surface area contributed by atoms with Gasteiger partial charge < -0.3 is 14.2 Å². The van der Waals surface area contributed by atoms with Crippen LogP contribution in [0.3, 0.4) is 0 Å². The summed E-state index contributed by atoms with van der Waals surface area (Å²) in [6, 6.07) is 19.3. The largest absolute Gasteiger partial charge is 0.493 e. The summed E-state index contributed by atoms with van der Waals surface area (Å²) in [6.07, 6.45) is 5.38. The van der Waals surface area contributed by atoms with Crippen LogP contribution in [0.1, 0.15) is 16.7 Å². The third kappa shape index (κ3) is 6.49. The van der Waals surface area contributed by atoms with Gasteiger partial charge in [-0.2, -0.15) is 5.10 Å². The van der Waals surface area contributed by atoms with Crippen molar-refractivity contribution in [1.82, 2.24) is 10.4 Å². The fraction of sp³-hybridized carbons (Fsp3) is 0.138. The molecule has 1 heterocycles. The van der Waals surface area contributed by atoms with Gasteiger partial charge in [0.05, 0.1) is 13.3 Å². The van der Waals surface area contributed by atoms with E-state index < -0.39 is 5.91 Å². The van der Waals surface area contributed by atoms with E-state index >= 15 is 0 Å². The average Bonchev–Trinajstić information content (AvgIpc) is 2.92. The van der Waals surface area contributed by atoms with Crippen molar-refractivity contribution in [1.29, 1.82) is 0 Å². The van der Waals surface area contributed by atoms with Gasteiger partial charge in [0.25, 0.3) is 5.91 Å². The van der Waals surface area contributed by atoms with Crippen LogP contribution < -0.4 is 19.6 Å². The second kappa shape index (κ2) is 12.3. The maximum atomic E-state index is 14.0. The first-order chi connectivity index (χ1) is 18.1. The highest BCUT2D eigenvalue weighted by Crippen LogP contribution is 2.34. The highest BCUT2D eigenvalue weighted by atomic mass is 19.1. The SMILES string of the molecule is C=CCc1cc(/C=N/NC(=O)COc2cccc3cccnc23)cc(OC)c1OCc1ccccc1F. The van der Waals surface area contributed by atoms with E-state index in [1.54, 1.807) is 42.6 Å². The minimum atomic E-state index is -0.424. The summed E-state index contributed by atoms with van der Waals surface area (Å²) in [4.78, 5) is 16.6. The summed E-state index contributed by atoms with van der Waals surface area (Å²) in [5.74, 6) is 0.695. The number of carbonyl (C=O) groups is 1. The molecule has 0 spiro atoms. The van der Waals surface area contributed by atoms with Crippen molar-refractivity contribution in [2.45, 2.75) is 13.0 Å². The zero-order valence-electron chi connectivity index (χ0n) is 20.3. The molecule has 0 saturated heterocycles. The molecular weight excluding hydrogens is 473 g/mol. The molecule has 0 fully saturated rings. The molecule has 188 valence electrons. The third-order valence-corrected chi connectivity index (χ3v) is 5.43. The van der Waals surface area contributed by atoms with Gasteiger partial charge in [-0.1, -0.05) is 42.5 Å². The Morgan fingerprint density at radius 2 is 1.89 bits per heavy atom. The Hall–Kier alpha value is -4.72. The summed E-state index contributed by atoms with van der Waals surface area (Å²) < 4.78 is 31.1. The number of allylic oxidation sites excluding steroid dienone is 1. The van der Waals surface area contributed by atoms with Crippen LogP contribution in [0, 0.1) is 5.82 Å². The molecule has 0 radical (unpaired) electrons. The van der Waals surface area contributed by atoms with Gasteiger partial charge in [-0.25, -0.2) is 9.82 Å². The van der Waals surface area contributed by atoms with Crippen molar-refractivity contribution in [2.24, 2.45) is 5.10 Å². The number of rotatable bonds is 11. The lowest BCUT2D eigenvalue weighted by atomic mass is 10.1. The number of ether oxygens (including phenoxy) is 3. The fourth-order valence-corrected chi connectivity index (χ4v) is 3.69. The lowest BCUT2D eigenvalue weighted by Gasteiger charge is -2.16. The molecule has 0 aliphatic heterocycles. The molecule has 1 aromatic heterocycles. The van der Waals surface area contributed by atoms with E-state index in [0.29, 0.717) is 40.3 Å². The zero-order chi connectivity index (χ0) is 26.0. The quantitative estimate of drug-likeness (QED) is 0.174. The Bertz CT molecular complexity index is 1430. The predicted octanol–water partition coefficient (Wildman–Crippen LogP) is 5.22. The minimum absolute atomic E-state index is 0.0445. The molecule has 4 rings (SSSR count). The molecule has 1 N–H and O–H groups in total. The van der Waals surface area contributed by atoms with Gasteiger partial charge in [0.15, 0.2) is 18.1 Å². The molecule has 37 heavy (non-hydrogen) atoms. The van der Waals surface area contributed by atoms with E-state index in [1.807, 2.05) is 30.3 Å².